The molecule has 23 heavy (non-hydrogen) atoms. The molecule has 128 valence electrons. The number of hydrogen-bond donors (Lipinski definition) is 3. The number of amides is 2. The van der Waals surface area contributed by atoms with E-state index in [0.29, 0.717) is 12.1 Å². The van der Waals surface area contributed by atoms with Crippen LogP contribution in [0.5, 0.6) is 0 Å². The van der Waals surface area contributed by atoms with Crippen molar-refractivity contribution in [1.82, 2.24) is 10.0 Å². The highest BCUT2D eigenvalue weighted by atomic mass is 32.2. The summed E-state index contributed by atoms with van der Waals surface area (Å²) < 4.78 is 27.2. The van der Waals surface area contributed by atoms with Gasteiger partial charge in [0.1, 0.15) is 0 Å². The van der Waals surface area contributed by atoms with Gasteiger partial charge in [0, 0.05) is 17.3 Å². The highest BCUT2D eigenvalue weighted by Gasteiger charge is 2.22. The summed E-state index contributed by atoms with van der Waals surface area (Å²) in [5, 5.41) is 5.37. The maximum absolute atomic E-state index is 12.3. The lowest BCUT2D eigenvalue weighted by Gasteiger charge is -2.20. The smallest absolute Gasteiger partial charge is 0.319 e. The minimum atomic E-state index is -3.64. The fraction of sp³-hybridized carbons (Fsp3) is 0.438. The number of carbonyl (C=O) groups is 1. The largest absolute Gasteiger partial charge is 0.335 e. The fourth-order valence-corrected chi connectivity index (χ4v) is 3.37. The third-order valence-corrected chi connectivity index (χ3v) is 4.50. The summed E-state index contributed by atoms with van der Waals surface area (Å²) >= 11 is 0. The molecule has 1 aromatic carbocycles. The molecule has 1 unspecified atom stereocenters. The number of nitrogens with one attached hydrogen (secondary N) is 3. The molecule has 7 heteroatoms. The Morgan fingerprint density at radius 3 is 2.57 bits per heavy atom. The van der Waals surface area contributed by atoms with E-state index in [2.05, 4.69) is 21.9 Å². The van der Waals surface area contributed by atoms with Gasteiger partial charge in [-0.05, 0) is 52.3 Å². The third kappa shape index (κ3) is 6.83. The summed E-state index contributed by atoms with van der Waals surface area (Å²) in [6.07, 6.45) is 2.37. The lowest BCUT2D eigenvalue weighted by Crippen LogP contribution is -2.40. The van der Waals surface area contributed by atoms with Gasteiger partial charge in [-0.3, -0.25) is 0 Å². The zero-order chi connectivity index (χ0) is 17.7. The highest BCUT2D eigenvalue weighted by Crippen LogP contribution is 2.17. The Kier molecular flexibility index (Phi) is 6.35. The van der Waals surface area contributed by atoms with Gasteiger partial charge in [-0.15, -0.1) is 6.58 Å². The van der Waals surface area contributed by atoms with E-state index in [9.17, 15) is 13.2 Å². The molecule has 0 saturated carbocycles. The molecule has 0 heterocycles. The molecule has 0 radical (unpaired) electrons. The first kappa shape index (κ1) is 19.2. The molecule has 3 N–H and O–H groups in total. The standard InChI is InChI=1S/C16H25N3O3S/c1-6-8-12(2)17-15(20)18-13-9-7-10-14(11-13)23(21,22)19-16(3,4)5/h6-7,9-12,19H,1,8H2,2-5H3,(H2,17,18,20). The molecule has 1 rings (SSSR count). The van der Waals surface area contributed by atoms with Crippen LogP contribution in [0.1, 0.15) is 34.1 Å². The lowest BCUT2D eigenvalue weighted by molar-refractivity contribution is 0.249. The van der Waals surface area contributed by atoms with Crippen LogP contribution in [0, 0.1) is 0 Å². The van der Waals surface area contributed by atoms with Crippen LogP contribution in [0.15, 0.2) is 41.8 Å². The first-order valence-corrected chi connectivity index (χ1v) is 8.84. The van der Waals surface area contributed by atoms with Crippen molar-refractivity contribution >= 4 is 21.7 Å². The molecule has 0 aliphatic carbocycles. The first-order valence-electron chi connectivity index (χ1n) is 7.36. The summed E-state index contributed by atoms with van der Waals surface area (Å²) in [5.41, 5.74) is -0.176. The van der Waals surface area contributed by atoms with Crippen molar-refractivity contribution in [3.8, 4) is 0 Å². The minimum absolute atomic E-state index is 0.0537. The monoisotopic (exact) mass is 339 g/mol. The number of rotatable bonds is 6. The Hall–Kier alpha value is -1.86. The molecule has 1 atom stereocenters. The molecule has 6 nitrogen and oxygen atoms in total. The normalized spacial score (nSPS) is 13.2. The Bertz CT molecular complexity index is 663. The van der Waals surface area contributed by atoms with Crippen LogP contribution in [0.2, 0.25) is 0 Å². The summed E-state index contributed by atoms with van der Waals surface area (Å²) in [6, 6.07) is 5.68. The quantitative estimate of drug-likeness (QED) is 0.696. The number of benzene rings is 1. The molecule has 0 aromatic heterocycles. The number of anilines is 1. The molecule has 0 aliphatic rings. The highest BCUT2D eigenvalue weighted by molar-refractivity contribution is 7.89. The summed E-state index contributed by atoms with van der Waals surface area (Å²) in [6.45, 7) is 10.8. The average Bonchev–Trinajstić information content (AvgIpc) is 2.36. The van der Waals surface area contributed by atoms with E-state index in [1.165, 1.54) is 12.1 Å². The predicted octanol–water partition coefficient (Wildman–Crippen LogP) is 2.85. The molecule has 0 bridgehead atoms. The van der Waals surface area contributed by atoms with Crippen molar-refractivity contribution in [2.75, 3.05) is 5.32 Å². The molecule has 0 saturated heterocycles. The van der Waals surface area contributed by atoms with E-state index < -0.39 is 21.6 Å². The van der Waals surface area contributed by atoms with Crippen LogP contribution in [0.4, 0.5) is 10.5 Å². The Balaban J connectivity index is 2.85. The van der Waals surface area contributed by atoms with Crippen LogP contribution in [0.25, 0.3) is 0 Å². The van der Waals surface area contributed by atoms with Gasteiger partial charge in [-0.2, -0.15) is 0 Å². The second-order valence-corrected chi connectivity index (χ2v) is 8.09. The number of sulfonamides is 1. The van der Waals surface area contributed by atoms with Crippen LogP contribution in [-0.4, -0.2) is 26.0 Å². The Labute approximate surface area is 138 Å². The number of urea groups is 1. The van der Waals surface area contributed by atoms with Crippen LogP contribution in [0.3, 0.4) is 0 Å². The van der Waals surface area contributed by atoms with Crippen LogP contribution >= 0.6 is 0 Å². The second-order valence-electron chi connectivity index (χ2n) is 6.41. The molecular weight excluding hydrogens is 314 g/mol. The van der Waals surface area contributed by atoms with Crippen molar-refractivity contribution in [3.05, 3.63) is 36.9 Å². The SMILES string of the molecule is C=CCC(C)NC(=O)Nc1cccc(S(=O)(=O)NC(C)(C)C)c1. The van der Waals surface area contributed by atoms with Crippen LogP contribution in [-0.2, 0) is 10.0 Å². The van der Waals surface area contributed by atoms with E-state index >= 15 is 0 Å². The van der Waals surface area contributed by atoms with E-state index in [1.54, 1.807) is 39.0 Å². The van der Waals surface area contributed by atoms with Crippen molar-refractivity contribution in [3.63, 3.8) is 0 Å². The van der Waals surface area contributed by atoms with E-state index in [0.717, 1.165) is 0 Å². The van der Waals surface area contributed by atoms with Crippen molar-refractivity contribution < 1.29 is 13.2 Å². The summed E-state index contributed by atoms with van der Waals surface area (Å²) in [5.74, 6) is 0. The van der Waals surface area contributed by atoms with Gasteiger partial charge in [0.05, 0.1) is 4.90 Å². The maximum Gasteiger partial charge on any atom is 0.319 e. The zero-order valence-electron chi connectivity index (χ0n) is 14.0. The van der Waals surface area contributed by atoms with Crippen molar-refractivity contribution in [2.45, 2.75) is 50.6 Å². The minimum Gasteiger partial charge on any atom is -0.335 e. The van der Waals surface area contributed by atoms with Gasteiger partial charge in [-0.1, -0.05) is 12.1 Å². The topological polar surface area (TPSA) is 87.3 Å². The molecule has 2 amide bonds. The number of carbonyl (C=O) groups excluding carboxylic acids is 1. The predicted molar refractivity (Wildman–Crippen MR) is 92.9 cm³/mol. The van der Waals surface area contributed by atoms with E-state index in [4.69, 9.17) is 0 Å². The summed E-state index contributed by atoms with van der Waals surface area (Å²) in [4.78, 5) is 12.0. The third-order valence-electron chi connectivity index (χ3n) is 2.74. The molecule has 0 fully saturated rings. The van der Waals surface area contributed by atoms with Crippen LogP contribution < -0.4 is 15.4 Å². The van der Waals surface area contributed by atoms with Gasteiger partial charge in [-0.25, -0.2) is 17.9 Å². The van der Waals surface area contributed by atoms with Crippen molar-refractivity contribution in [1.29, 1.82) is 0 Å². The lowest BCUT2D eigenvalue weighted by atomic mass is 10.1. The van der Waals surface area contributed by atoms with Gasteiger partial charge in [0.25, 0.3) is 0 Å². The van der Waals surface area contributed by atoms with Gasteiger partial charge in [0.2, 0.25) is 10.0 Å². The second kappa shape index (κ2) is 7.61. The molecule has 1 aromatic rings. The zero-order valence-corrected chi connectivity index (χ0v) is 14.8. The van der Waals surface area contributed by atoms with Gasteiger partial charge < -0.3 is 10.6 Å². The van der Waals surface area contributed by atoms with Gasteiger partial charge >= 0.3 is 6.03 Å². The fourth-order valence-electron chi connectivity index (χ4n) is 1.90. The van der Waals surface area contributed by atoms with E-state index in [1.807, 2.05) is 6.92 Å². The van der Waals surface area contributed by atoms with Gasteiger partial charge in [0.15, 0.2) is 0 Å². The Morgan fingerprint density at radius 2 is 2.00 bits per heavy atom. The average molecular weight is 339 g/mol. The summed E-state index contributed by atoms with van der Waals surface area (Å²) in [7, 11) is -3.64. The maximum atomic E-state index is 12.3. The molecule has 0 spiro atoms. The Morgan fingerprint density at radius 1 is 1.35 bits per heavy atom. The van der Waals surface area contributed by atoms with Crippen molar-refractivity contribution in [2.24, 2.45) is 0 Å². The first-order chi connectivity index (χ1) is 10.5. The molecule has 0 aliphatic heterocycles. The molecular formula is C16H25N3O3S. The number of hydrogen-bond acceptors (Lipinski definition) is 3. The van der Waals surface area contributed by atoms with E-state index in [-0.39, 0.29) is 10.9 Å².